The molecule has 3 aromatic rings. The van der Waals surface area contributed by atoms with Gasteiger partial charge in [0.15, 0.2) is 0 Å². The van der Waals surface area contributed by atoms with Crippen molar-refractivity contribution in [1.29, 1.82) is 0 Å². The van der Waals surface area contributed by atoms with E-state index in [0.29, 0.717) is 5.92 Å². The van der Waals surface area contributed by atoms with E-state index in [1.165, 1.54) is 22.5 Å². The quantitative estimate of drug-likeness (QED) is 0.550. The molecular weight excluding hydrogens is 370 g/mol. The Hall–Kier alpha value is -2.01. The van der Waals surface area contributed by atoms with Crippen molar-refractivity contribution in [3.05, 3.63) is 34.1 Å². The maximum Gasteiger partial charge on any atom is 0.211 e. The second-order valence-electron chi connectivity index (χ2n) is 7.91. The largest absolute Gasteiger partial charge is 0.309 e. The van der Waals surface area contributed by atoms with E-state index in [9.17, 15) is 0 Å². The summed E-state index contributed by atoms with van der Waals surface area (Å²) in [5.41, 5.74) is 6.94. The van der Waals surface area contributed by atoms with Gasteiger partial charge < -0.3 is 9.47 Å². The number of imidazole rings is 1. The fraction of sp³-hybridized carbons (Fsp3) is 0.545. The number of benzene rings is 1. The zero-order valence-corrected chi connectivity index (χ0v) is 18.3. The van der Waals surface area contributed by atoms with Crippen LogP contribution in [0.25, 0.3) is 11.0 Å². The molecule has 0 amide bonds. The maximum atomic E-state index is 6.63. The van der Waals surface area contributed by atoms with Crippen LogP contribution in [-0.4, -0.2) is 25.9 Å². The Morgan fingerprint density at radius 1 is 1.11 bits per heavy atom. The van der Waals surface area contributed by atoms with E-state index in [4.69, 9.17) is 16.6 Å². The molecule has 150 valence electrons. The van der Waals surface area contributed by atoms with Gasteiger partial charge in [-0.05, 0) is 57.1 Å². The summed E-state index contributed by atoms with van der Waals surface area (Å²) in [6.07, 6.45) is 4.53. The molecule has 0 aliphatic carbocycles. The normalized spacial score (nSPS) is 14.8. The van der Waals surface area contributed by atoms with Gasteiger partial charge in [-0.1, -0.05) is 31.5 Å². The van der Waals surface area contributed by atoms with Crippen molar-refractivity contribution in [2.45, 2.75) is 65.8 Å². The van der Waals surface area contributed by atoms with Gasteiger partial charge in [-0.3, -0.25) is 4.68 Å². The third-order valence-corrected chi connectivity index (χ3v) is 6.58. The first-order valence-corrected chi connectivity index (χ1v) is 10.8. The van der Waals surface area contributed by atoms with Gasteiger partial charge in [-0.15, -0.1) is 0 Å². The number of hydrogen-bond donors (Lipinski definition) is 0. The molecule has 28 heavy (non-hydrogen) atoms. The van der Waals surface area contributed by atoms with Gasteiger partial charge in [0.25, 0.3) is 0 Å². The Bertz CT molecular complexity index is 1010. The van der Waals surface area contributed by atoms with Gasteiger partial charge in [0.05, 0.1) is 27.6 Å². The standard InChI is InChI=1S/C22H30ClN5/c1-6-16(7-2)17-10-11-18(23)19-21(17)28-13-9-8-12-27(22(28)24-19)20-14(3)25-26(5)15(20)4/h10-11,16H,6-9,12-13H2,1-5H3. The Balaban J connectivity index is 1.99. The molecule has 0 atom stereocenters. The zero-order valence-electron chi connectivity index (χ0n) is 17.6. The van der Waals surface area contributed by atoms with Crippen molar-refractivity contribution in [2.75, 3.05) is 11.4 Å². The van der Waals surface area contributed by atoms with Gasteiger partial charge in [0.2, 0.25) is 5.95 Å². The molecule has 2 aromatic heterocycles. The minimum Gasteiger partial charge on any atom is -0.309 e. The summed E-state index contributed by atoms with van der Waals surface area (Å²) >= 11 is 6.63. The predicted molar refractivity (Wildman–Crippen MR) is 117 cm³/mol. The number of rotatable bonds is 4. The summed E-state index contributed by atoms with van der Waals surface area (Å²) in [6.45, 7) is 10.7. The van der Waals surface area contributed by atoms with Crippen molar-refractivity contribution in [3.8, 4) is 0 Å². The van der Waals surface area contributed by atoms with E-state index in [1.54, 1.807) is 0 Å². The van der Waals surface area contributed by atoms with Crippen LogP contribution in [-0.2, 0) is 13.6 Å². The van der Waals surface area contributed by atoms with E-state index >= 15 is 0 Å². The molecule has 0 radical (unpaired) electrons. The molecule has 1 aliphatic rings. The highest BCUT2D eigenvalue weighted by Gasteiger charge is 2.28. The second-order valence-corrected chi connectivity index (χ2v) is 8.32. The highest BCUT2D eigenvalue weighted by Crippen LogP contribution is 2.40. The summed E-state index contributed by atoms with van der Waals surface area (Å²) < 4.78 is 4.37. The molecule has 5 nitrogen and oxygen atoms in total. The first kappa shape index (κ1) is 19.3. The van der Waals surface area contributed by atoms with Gasteiger partial charge in [-0.2, -0.15) is 5.10 Å². The van der Waals surface area contributed by atoms with Crippen LogP contribution in [0.5, 0.6) is 0 Å². The van der Waals surface area contributed by atoms with E-state index in [1.807, 2.05) is 17.8 Å². The fourth-order valence-corrected chi connectivity index (χ4v) is 4.90. The van der Waals surface area contributed by atoms with Crippen molar-refractivity contribution in [2.24, 2.45) is 7.05 Å². The molecule has 0 N–H and O–H groups in total. The number of aromatic nitrogens is 4. The third-order valence-electron chi connectivity index (χ3n) is 6.28. The first-order valence-electron chi connectivity index (χ1n) is 10.4. The Morgan fingerprint density at radius 3 is 2.46 bits per heavy atom. The lowest BCUT2D eigenvalue weighted by Gasteiger charge is -2.23. The molecule has 0 unspecified atom stereocenters. The third kappa shape index (κ3) is 2.91. The number of nitrogens with zero attached hydrogens (tertiary/aromatic N) is 5. The van der Waals surface area contributed by atoms with E-state index in [-0.39, 0.29) is 0 Å². The van der Waals surface area contributed by atoms with Crippen molar-refractivity contribution >= 4 is 34.3 Å². The highest BCUT2D eigenvalue weighted by atomic mass is 35.5. The number of halogens is 1. The molecular formula is C22H30ClN5. The Labute approximate surface area is 172 Å². The zero-order chi connectivity index (χ0) is 20.0. The lowest BCUT2D eigenvalue weighted by atomic mass is 9.93. The number of anilines is 2. The van der Waals surface area contributed by atoms with Crippen LogP contribution in [0.4, 0.5) is 11.6 Å². The van der Waals surface area contributed by atoms with Gasteiger partial charge in [-0.25, -0.2) is 4.98 Å². The van der Waals surface area contributed by atoms with Gasteiger partial charge in [0.1, 0.15) is 5.52 Å². The van der Waals surface area contributed by atoms with Crippen LogP contribution < -0.4 is 4.90 Å². The summed E-state index contributed by atoms with van der Waals surface area (Å²) in [7, 11) is 2.01. The molecule has 0 spiro atoms. The summed E-state index contributed by atoms with van der Waals surface area (Å²) in [5.74, 6) is 1.53. The van der Waals surface area contributed by atoms with Crippen LogP contribution >= 0.6 is 11.6 Å². The molecule has 3 heterocycles. The maximum absolute atomic E-state index is 6.63. The van der Waals surface area contributed by atoms with Crippen molar-refractivity contribution < 1.29 is 0 Å². The number of hydrogen-bond acceptors (Lipinski definition) is 3. The Morgan fingerprint density at radius 2 is 1.82 bits per heavy atom. The van der Waals surface area contributed by atoms with Crippen LogP contribution in [0.3, 0.4) is 0 Å². The molecule has 4 rings (SSSR count). The van der Waals surface area contributed by atoms with Gasteiger partial charge in [0, 0.05) is 20.1 Å². The topological polar surface area (TPSA) is 38.9 Å². The first-order chi connectivity index (χ1) is 13.5. The van der Waals surface area contributed by atoms with Crippen LogP contribution in [0.1, 0.15) is 62.4 Å². The van der Waals surface area contributed by atoms with E-state index in [2.05, 4.69) is 48.3 Å². The number of fused-ring (bicyclic) bond motifs is 3. The van der Waals surface area contributed by atoms with Crippen LogP contribution in [0.15, 0.2) is 12.1 Å². The van der Waals surface area contributed by atoms with Crippen LogP contribution in [0.2, 0.25) is 5.02 Å². The number of aryl methyl sites for hydroxylation is 3. The van der Waals surface area contributed by atoms with Gasteiger partial charge >= 0.3 is 0 Å². The van der Waals surface area contributed by atoms with E-state index < -0.39 is 0 Å². The lowest BCUT2D eigenvalue weighted by molar-refractivity contribution is 0.632. The second kappa shape index (κ2) is 7.43. The monoisotopic (exact) mass is 399 g/mol. The van der Waals surface area contributed by atoms with Crippen molar-refractivity contribution in [3.63, 3.8) is 0 Å². The molecule has 0 saturated heterocycles. The molecule has 6 heteroatoms. The van der Waals surface area contributed by atoms with E-state index in [0.717, 1.165) is 61.0 Å². The summed E-state index contributed by atoms with van der Waals surface area (Å²) in [5, 5.41) is 5.39. The lowest BCUT2D eigenvalue weighted by Crippen LogP contribution is -2.21. The average molecular weight is 400 g/mol. The average Bonchev–Trinajstić information content (AvgIpc) is 3.09. The summed E-state index contributed by atoms with van der Waals surface area (Å²) in [4.78, 5) is 7.45. The SMILES string of the molecule is CCC(CC)c1ccc(Cl)c2nc3n(c12)CCCCN3c1c(C)nn(C)c1C. The molecule has 0 bridgehead atoms. The van der Waals surface area contributed by atoms with Crippen molar-refractivity contribution in [1.82, 2.24) is 19.3 Å². The highest BCUT2D eigenvalue weighted by molar-refractivity contribution is 6.35. The minimum absolute atomic E-state index is 0.527. The molecule has 0 fully saturated rings. The summed E-state index contributed by atoms with van der Waals surface area (Å²) in [6, 6.07) is 4.24. The molecule has 1 aromatic carbocycles. The smallest absolute Gasteiger partial charge is 0.211 e. The Kier molecular flexibility index (Phi) is 5.13. The minimum atomic E-state index is 0.527. The fourth-order valence-electron chi connectivity index (χ4n) is 4.70. The van der Waals surface area contributed by atoms with Crippen LogP contribution in [0, 0.1) is 13.8 Å². The molecule has 1 aliphatic heterocycles. The molecule has 0 saturated carbocycles. The predicted octanol–water partition coefficient (Wildman–Crippen LogP) is 5.88.